The number of rotatable bonds is 6. The molecule has 1 aliphatic heterocycles. The van der Waals surface area contributed by atoms with Crippen LogP contribution in [0.2, 0.25) is 0 Å². The molecule has 0 radical (unpaired) electrons. The van der Waals surface area contributed by atoms with E-state index in [-0.39, 0.29) is 23.5 Å². The molecule has 2 amide bonds. The van der Waals surface area contributed by atoms with Crippen LogP contribution in [0.15, 0.2) is 61.6 Å². The third-order valence-corrected chi connectivity index (χ3v) is 6.92. The van der Waals surface area contributed by atoms with Gasteiger partial charge in [0.25, 0.3) is 5.91 Å². The van der Waals surface area contributed by atoms with Crippen molar-refractivity contribution in [1.29, 1.82) is 0 Å². The van der Waals surface area contributed by atoms with Gasteiger partial charge in [0.1, 0.15) is 28.3 Å². The van der Waals surface area contributed by atoms with Gasteiger partial charge in [0.05, 0.1) is 17.6 Å². The third kappa shape index (κ3) is 7.04. The molecule has 1 aromatic carbocycles. The van der Waals surface area contributed by atoms with Crippen molar-refractivity contribution in [2.75, 3.05) is 18.4 Å². The summed E-state index contributed by atoms with van der Waals surface area (Å²) >= 11 is 0. The van der Waals surface area contributed by atoms with E-state index in [9.17, 15) is 9.59 Å². The average molecular weight is 586 g/mol. The summed E-state index contributed by atoms with van der Waals surface area (Å²) in [4.78, 5) is 32.1. The molecule has 0 spiro atoms. The number of hydrogen-bond acceptors (Lipinski definition) is 7. The molecule has 1 aliphatic rings. The molecule has 4 aromatic rings. The standard InChI is InChI=1S/C32H39N7O4/c1-21(42-31(2,3)4)22-9-11-24(12-10-22)39-27(35-29(40)25-20-34-38-16-8-15-33-28(25)38)19-26(36-39)23-13-17-37(18-14-23)30(41)43-32(5,6)7/h8-12,15-16,19-20,23H,1,13-14,17-18H2,2-7H3,(H,35,40). The van der Waals surface area contributed by atoms with Gasteiger partial charge in [-0.05, 0) is 84.7 Å². The lowest BCUT2D eigenvalue weighted by Crippen LogP contribution is -2.41. The van der Waals surface area contributed by atoms with Crippen molar-refractivity contribution in [3.63, 3.8) is 0 Å². The number of anilines is 1. The highest BCUT2D eigenvalue weighted by Crippen LogP contribution is 2.32. The van der Waals surface area contributed by atoms with Crippen LogP contribution in [0.3, 0.4) is 0 Å². The van der Waals surface area contributed by atoms with Crippen LogP contribution in [0.4, 0.5) is 10.6 Å². The lowest BCUT2D eigenvalue weighted by molar-refractivity contribution is 0.0204. The second-order valence-electron chi connectivity index (χ2n) is 12.7. The third-order valence-electron chi connectivity index (χ3n) is 6.92. The molecule has 0 bridgehead atoms. The zero-order chi connectivity index (χ0) is 30.9. The molecule has 0 atom stereocenters. The normalized spacial score (nSPS) is 14.5. The molecule has 226 valence electrons. The molecule has 1 fully saturated rings. The molecule has 0 unspecified atom stereocenters. The van der Waals surface area contributed by atoms with Crippen LogP contribution >= 0.6 is 0 Å². The number of piperidine rings is 1. The number of amides is 2. The van der Waals surface area contributed by atoms with Gasteiger partial charge < -0.3 is 19.7 Å². The quantitative estimate of drug-likeness (QED) is 0.273. The Morgan fingerprint density at radius 1 is 1.00 bits per heavy atom. The Hall–Kier alpha value is -4.67. The summed E-state index contributed by atoms with van der Waals surface area (Å²) < 4.78 is 14.8. The van der Waals surface area contributed by atoms with Crippen molar-refractivity contribution >= 4 is 29.2 Å². The minimum absolute atomic E-state index is 0.105. The summed E-state index contributed by atoms with van der Waals surface area (Å²) in [5.74, 6) is 0.853. The fourth-order valence-electron chi connectivity index (χ4n) is 4.96. The molecule has 4 heterocycles. The number of aromatic nitrogens is 5. The number of hydrogen-bond donors (Lipinski definition) is 1. The van der Waals surface area contributed by atoms with Crippen molar-refractivity contribution in [3.8, 4) is 5.69 Å². The smallest absolute Gasteiger partial charge is 0.410 e. The Morgan fingerprint density at radius 2 is 1.67 bits per heavy atom. The average Bonchev–Trinajstić information content (AvgIpc) is 3.56. The Labute approximate surface area is 251 Å². The molecule has 0 saturated carbocycles. The summed E-state index contributed by atoms with van der Waals surface area (Å²) in [6, 6.07) is 11.3. The van der Waals surface area contributed by atoms with E-state index in [1.54, 1.807) is 32.6 Å². The van der Waals surface area contributed by atoms with Crippen molar-refractivity contribution in [1.82, 2.24) is 29.3 Å². The molecule has 0 aliphatic carbocycles. The second-order valence-corrected chi connectivity index (χ2v) is 12.7. The number of ether oxygens (including phenoxy) is 2. The Balaban J connectivity index is 1.41. The van der Waals surface area contributed by atoms with Crippen LogP contribution in [-0.2, 0) is 9.47 Å². The first-order valence-corrected chi connectivity index (χ1v) is 14.4. The number of likely N-dealkylation sites (tertiary alicyclic amines) is 1. The molecular weight excluding hydrogens is 546 g/mol. The highest BCUT2D eigenvalue weighted by atomic mass is 16.6. The predicted molar refractivity (Wildman–Crippen MR) is 164 cm³/mol. The SMILES string of the molecule is C=C(OC(C)(C)C)c1ccc(-n2nc(C3CCN(C(=O)OC(C)(C)C)CC3)cc2NC(=O)c2cnn3cccnc23)cc1. The maximum atomic E-state index is 13.4. The largest absolute Gasteiger partial charge is 0.488 e. The first kappa shape index (κ1) is 29.8. The molecular formula is C32H39N7O4. The predicted octanol–water partition coefficient (Wildman–Crippen LogP) is 6.07. The van der Waals surface area contributed by atoms with Gasteiger partial charge in [-0.1, -0.05) is 6.58 Å². The zero-order valence-corrected chi connectivity index (χ0v) is 25.6. The first-order chi connectivity index (χ1) is 20.3. The monoisotopic (exact) mass is 585 g/mol. The fraction of sp³-hybridized carbons (Fsp3) is 0.406. The van der Waals surface area contributed by atoms with Gasteiger partial charge in [-0.25, -0.2) is 19.0 Å². The molecule has 43 heavy (non-hydrogen) atoms. The van der Waals surface area contributed by atoms with Gasteiger partial charge in [-0.2, -0.15) is 10.2 Å². The highest BCUT2D eigenvalue weighted by Gasteiger charge is 2.29. The Morgan fingerprint density at radius 3 is 2.33 bits per heavy atom. The summed E-state index contributed by atoms with van der Waals surface area (Å²) in [6.45, 7) is 16.7. The van der Waals surface area contributed by atoms with Gasteiger partial charge in [0.2, 0.25) is 0 Å². The minimum atomic E-state index is -0.544. The van der Waals surface area contributed by atoms with E-state index in [1.807, 2.05) is 71.9 Å². The van der Waals surface area contributed by atoms with Gasteiger partial charge >= 0.3 is 6.09 Å². The van der Waals surface area contributed by atoms with Crippen molar-refractivity contribution in [3.05, 3.63) is 78.4 Å². The van der Waals surface area contributed by atoms with Crippen LogP contribution in [-0.4, -0.2) is 65.6 Å². The van der Waals surface area contributed by atoms with E-state index in [2.05, 4.69) is 22.0 Å². The van der Waals surface area contributed by atoms with Crippen LogP contribution in [0.25, 0.3) is 17.1 Å². The zero-order valence-electron chi connectivity index (χ0n) is 25.6. The van der Waals surface area contributed by atoms with Crippen LogP contribution in [0.5, 0.6) is 0 Å². The van der Waals surface area contributed by atoms with Gasteiger partial charge in [-0.15, -0.1) is 0 Å². The fourth-order valence-corrected chi connectivity index (χ4v) is 4.96. The van der Waals surface area contributed by atoms with Crippen molar-refractivity contribution < 1.29 is 19.1 Å². The molecule has 1 saturated heterocycles. The van der Waals surface area contributed by atoms with E-state index in [0.717, 1.165) is 29.8 Å². The van der Waals surface area contributed by atoms with Crippen LogP contribution in [0.1, 0.15) is 81.9 Å². The number of carbonyl (C=O) groups excluding carboxylic acids is 2. The van der Waals surface area contributed by atoms with Crippen LogP contribution < -0.4 is 5.32 Å². The minimum Gasteiger partial charge on any atom is -0.488 e. The van der Waals surface area contributed by atoms with E-state index in [4.69, 9.17) is 14.6 Å². The number of nitrogens with one attached hydrogen (secondary N) is 1. The second kappa shape index (κ2) is 11.5. The summed E-state index contributed by atoms with van der Waals surface area (Å²) in [7, 11) is 0. The highest BCUT2D eigenvalue weighted by molar-refractivity contribution is 6.07. The number of benzene rings is 1. The van der Waals surface area contributed by atoms with E-state index in [0.29, 0.717) is 35.9 Å². The van der Waals surface area contributed by atoms with Gasteiger partial charge in [0.15, 0.2) is 5.65 Å². The Kier molecular flexibility index (Phi) is 8.00. The molecule has 11 nitrogen and oxygen atoms in total. The topological polar surface area (TPSA) is 116 Å². The number of fused-ring (bicyclic) bond motifs is 1. The molecule has 3 aromatic heterocycles. The summed E-state index contributed by atoms with van der Waals surface area (Å²) in [5.41, 5.74) is 2.35. The number of carbonyl (C=O) groups is 2. The van der Waals surface area contributed by atoms with Crippen LogP contribution in [0, 0.1) is 0 Å². The van der Waals surface area contributed by atoms with Crippen molar-refractivity contribution in [2.45, 2.75) is 71.5 Å². The first-order valence-electron chi connectivity index (χ1n) is 14.4. The van der Waals surface area contributed by atoms with Crippen molar-refractivity contribution in [2.24, 2.45) is 0 Å². The Bertz CT molecular complexity index is 1630. The van der Waals surface area contributed by atoms with E-state index in [1.165, 1.54) is 6.20 Å². The number of nitrogens with zero attached hydrogens (tertiary/aromatic N) is 6. The van der Waals surface area contributed by atoms with Gasteiger partial charge in [-0.3, -0.25) is 4.79 Å². The summed E-state index contributed by atoms with van der Waals surface area (Å²) in [6.07, 6.45) is 6.02. The lowest BCUT2D eigenvalue weighted by atomic mass is 9.94. The maximum Gasteiger partial charge on any atom is 0.410 e. The molecule has 5 rings (SSSR count). The maximum absolute atomic E-state index is 13.4. The molecule has 11 heteroatoms. The lowest BCUT2D eigenvalue weighted by Gasteiger charge is -2.32. The van der Waals surface area contributed by atoms with E-state index >= 15 is 0 Å². The summed E-state index contributed by atoms with van der Waals surface area (Å²) in [5, 5.41) is 12.2. The van der Waals surface area contributed by atoms with Gasteiger partial charge in [0, 0.05) is 43.0 Å². The molecule has 1 N–H and O–H groups in total. The van der Waals surface area contributed by atoms with E-state index < -0.39 is 5.60 Å².